The lowest BCUT2D eigenvalue weighted by Gasteiger charge is -2.26. The van der Waals surface area contributed by atoms with Gasteiger partial charge in [0.25, 0.3) is 11.5 Å². The van der Waals surface area contributed by atoms with E-state index in [0.29, 0.717) is 26.3 Å². The number of hydrogen-bond acceptors (Lipinski definition) is 9. The van der Waals surface area contributed by atoms with Crippen molar-refractivity contribution in [3.63, 3.8) is 0 Å². The number of hydrogen-bond donors (Lipinski definition) is 3. The molecule has 2 aliphatic rings. The second-order valence-electron chi connectivity index (χ2n) is 7.11. The third kappa shape index (κ3) is 5.33. The number of nitrogens with one attached hydrogen (secondary N) is 2. The summed E-state index contributed by atoms with van der Waals surface area (Å²) in [7, 11) is 0. The number of amides is 1. The fraction of sp³-hybridized carbons (Fsp3) is 0.667. The molecule has 12 nitrogen and oxygen atoms in total. The van der Waals surface area contributed by atoms with Gasteiger partial charge in [-0.1, -0.05) is 0 Å². The molecule has 12 heteroatoms. The van der Waals surface area contributed by atoms with Crippen LogP contribution in [0.3, 0.4) is 0 Å². The minimum absolute atomic E-state index is 0.0921. The molecule has 0 radical (unpaired) electrons. The number of rotatable bonds is 7. The number of nitrogens with zero attached hydrogens (tertiary/aromatic N) is 2. The van der Waals surface area contributed by atoms with Gasteiger partial charge in [0.15, 0.2) is 0 Å². The van der Waals surface area contributed by atoms with Crippen molar-refractivity contribution in [2.45, 2.75) is 31.8 Å². The number of esters is 1. The third-order valence-corrected chi connectivity index (χ3v) is 5.02. The molecule has 3 rings (SSSR count). The molecule has 0 spiro atoms. The van der Waals surface area contributed by atoms with E-state index < -0.39 is 48.2 Å². The topological polar surface area (TPSA) is 152 Å². The highest BCUT2D eigenvalue weighted by molar-refractivity contribution is 5.93. The van der Waals surface area contributed by atoms with Crippen LogP contribution in [0.2, 0.25) is 0 Å². The number of ether oxygens (including phenoxy) is 3. The van der Waals surface area contributed by atoms with Crippen molar-refractivity contribution in [2.24, 2.45) is 0 Å². The molecule has 2 aliphatic heterocycles. The molecular formula is C18H26N4O8. The van der Waals surface area contributed by atoms with E-state index in [9.17, 15) is 24.3 Å². The molecule has 3 heterocycles. The van der Waals surface area contributed by atoms with E-state index in [2.05, 4.69) is 15.2 Å². The van der Waals surface area contributed by atoms with Crippen molar-refractivity contribution in [3.8, 4) is 0 Å². The minimum Gasteiger partial charge on any atom is -0.460 e. The molecule has 0 saturated carbocycles. The molecule has 3 atom stereocenters. The van der Waals surface area contributed by atoms with Crippen LogP contribution in [0.25, 0.3) is 0 Å². The number of morpholine rings is 1. The van der Waals surface area contributed by atoms with Gasteiger partial charge in [-0.3, -0.25) is 28.8 Å². The molecule has 166 valence electrons. The average molecular weight is 426 g/mol. The average Bonchev–Trinajstić information content (AvgIpc) is 3.10. The zero-order valence-corrected chi connectivity index (χ0v) is 16.7. The van der Waals surface area contributed by atoms with Crippen molar-refractivity contribution in [2.75, 3.05) is 46.0 Å². The first-order valence-corrected chi connectivity index (χ1v) is 9.76. The summed E-state index contributed by atoms with van der Waals surface area (Å²) >= 11 is 0. The van der Waals surface area contributed by atoms with Gasteiger partial charge in [0.05, 0.1) is 19.8 Å². The number of carbonyl (C=O) groups is 2. The van der Waals surface area contributed by atoms with Crippen molar-refractivity contribution in [1.82, 2.24) is 19.8 Å². The second-order valence-corrected chi connectivity index (χ2v) is 7.11. The Kier molecular flexibility index (Phi) is 7.37. The SMILES string of the molecule is CC(=O)OC1C[C@@H](n2cc(C(=O)NCCN3CCOCC3)c(=O)[nH]c2=O)O[C@H]1CO. The number of aliphatic hydroxyl groups is 1. The normalized spacial score (nSPS) is 24.5. The molecule has 30 heavy (non-hydrogen) atoms. The Morgan fingerprint density at radius 3 is 2.73 bits per heavy atom. The van der Waals surface area contributed by atoms with Gasteiger partial charge in [0.1, 0.15) is 24.0 Å². The molecule has 3 N–H and O–H groups in total. The van der Waals surface area contributed by atoms with Crippen molar-refractivity contribution in [3.05, 3.63) is 32.6 Å². The summed E-state index contributed by atoms with van der Waals surface area (Å²) in [6.07, 6.45) is -1.25. The summed E-state index contributed by atoms with van der Waals surface area (Å²) < 4.78 is 17.0. The van der Waals surface area contributed by atoms with Crippen LogP contribution in [-0.2, 0) is 19.0 Å². The Balaban J connectivity index is 1.69. The van der Waals surface area contributed by atoms with E-state index in [4.69, 9.17) is 14.2 Å². The van der Waals surface area contributed by atoms with Gasteiger partial charge in [0.2, 0.25) is 0 Å². The number of aromatic amines is 1. The van der Waals surface area contributed by atoms with Crippen molar-refractivity contribution >= 4 is 11.9 Å². The molecule has 2 fully saturated rings. The maximum atomic E-state index is 12.5. The number of carbonyl (C=O) groups excluding carboxylic acids is 2. The van der Waals surface area contributed by atoms with Gasteiger partial charge in [-0.15, -0.1) is 0 Å². The molecule has 1 unspecified atom stereocenters. The predicted octanol–water partition coefficient (Wildman–Crippen LogP) is -2.19. The van der Waals surface area contributed by atoms with E-state index in [-0.39, 0.29) is 12.0 Å². The fourth-order valence-electron chi connectivity index (χ4n) is 3.48. The number of aliphatic hydroxyl groups excluding tert-OH is 1. The van der Waals surface area contributed by atoms with Gasteiger partial charge in [0, 0.05) is 45.7 Å². The highest BCUT2D eigenvalue weighted by Crippen LogP contribution is 2.29. The molecule has 1 amide bonds. The monoisotopic (exact) mass is 426 g/mol. The zero-order valence-electron chi connectivity index (χ0n) is 16.7. The van der Waals surface area contributed by atoms with Gasteiger partial charge < -0.3 is 24.6 Å². The van der Waals surface area contributed by atoms with Gasteiger partial charge in [-0.25, -0.2) is 4.79 Å². The van der Waals surface area contributed by atoms with E-state index in [1.165, 1.54) is 6.92 Å². The maximum absolute atomic E-state index is 12.5. The Labute approximate surface area is 171 Å². The van der Waals surface area contributed by atoms with Crippen LogP contribution in [0, 0.1) is 0 Å². The number of H-pyrrole nitrogens is 1. The zero-order chi connectivity index (χ0) is 21.7. The summed E-state index contributed by atoms with van der Waals surface area (Å²) in [6, 6.07) is 0. The molecule has 1 aromatic heterocycles. The molecule has 2 saturated heterocycles. The van der Waals surface area contributed by atoms with Crippen LogP contribution >= 0.6 is 0 Å². The Bertz CT molecular complexity index is 876. The van der Waals surface area contributed by atoms with Crippen molar-refractivity contribution in [1.29, 1.82) is 0 Å². The maximum Gasteiger partial charge on any atom is 0.330 e. The molecular weight excluding hydrogens is 400 g/mol. The van der Waals surface area contributed by atoms with Crippen LogP contribution in [0.4, 0.5) is 0 Å². The Morgan fingerprint density at radius 2 is 2.07 bits per heavy atom. The lowest BCUT2D eigenvalue weighted by Crippen LogP contribution is -2.43. The summed E-state index contributed by atoms with van der Waals surface area (Å²) in [5.74, 6) is -1.16. The molecule has 0 bridgehead atoms. The molecule has 0 aliphatic carbocycles. The Morgan fingerprint density at radius 1 is 1.33 bits per heavy atom. The van der Waals surface area contributed by atoms with Gasteiger partial charge in [-0.05, 0) is 0 Å². The van der Waals surface area contributed by atoms with Crippen LogP contribution in [-0.4, -0.2) is 89.6 Å². The first kappa shape index (κ1) is 22.2. The van der Waals surface area contributed by atoms with Crippen LogP contribution in [0.5, 0.6) is 0 Å². The minimum atomic E-state index is -0.907. The quantitative estimate of drug-likeness (QED) is 0.413. The Hall–Kier alpha value is -2.54. The highest BCUT2D eigenvalue weighted by Gasteiger charge is 2.38. The third-order valence-electron chi connectivity index (χ3n) is 5.02. The van der Waals surface area contributed by atoms with Gasteiger partial charge in [-0.2, -0.15) is 0 Å². The van der Waals surface area contributed by atoms with E-state index in [1.54, 1.807) is 0 Å². The summed E-state index contributed by atoms with van der Waals surface area (Å²) in [4.78, 5) is 52.3. The lowest BCUT2D eigenvalue weighted by molar-refractivity contribution is -0.150. The molecule has 0 aromatic carbocycles. The highest BCUT2D eigenvalue weighted by atomic mass is 16.6. The van der Waals surface area contributed by atoms with Crippen LogP contribution in [0.1, 0.15) is 29.9 Å². The smallest absolute Gasteiger partial charge is 0.330 e. The summed E-state index contributed by atoms with van der Waals surface area (Å²) in [5.41, 5.74) is -1.82. The molecule has 1 aromatic rings. The van der Waals surface area contributed by atoms with Gasteiger partial charge >= 0.3 is 11.7 Å². The van der Waals surface area contributed by atoms with E-state index in [1.807, 2.05) is 0 Å². The summed E-state index contributed by atoms with van der Waals surface area (Å²) in [5, 5.41) is 12.1. The van der Waals surface area contributed by atoms with E-state index >= 15 is 0 Å². The van der Waals surface area contributed by atoms with Crippen LogP contribution in [0.15, 0.2) is 15.8 Å². The van der Waals surface area contributed by atoms with Crippen molar-refractivity contribution < 1.29 is 28.9 Å². The van der Waals surface area contributed by atoms with Crippen LogP contribution < -0.4 is 16.6 Å². The largest absolute Gasteiger partial charge is 0.460 e. The standard InChI is InChI=1S/C18H26N4O8/c1-11(24)29-13-8-15(30-14(13)10-23)22-9-12(17(26)20-18(22)27)16(25)19-2-3-21-4-6-28-7-5-21/h9,13-15,23H,2-8,10H2,1H3,(H,19,25)(H,20,26,27)/t13?,14-,15-/m0/s1. The first-order valence-electron chi connectivity index (χ1n) is 9.76. The predicted molar refractivity (Wildman–Crippen MR) is 102 cm³/mol. The first-order chi connectivity index (χ1) is 14.4. The fourth-order valence-corrected chi connectivity index (χ4v) is 3.48. The number of aromatic nitrogens is 2. The second kappa shape index (κ2) is 9.98. The van der Waals surface area contributed by atoms with E-state index in [0.717, 1.165) is 23.9 Å². The summed E-state index contributed by atoms with van der Waals surface area (Å²) in [6.45, 7) is 4.59. The lowest BCUT2D eigenvalue weighted by atomic mass is 10.2.